The number of aromatic carboxylic acids is 1. The van der Waals surface area contributed by atoms with Crippen LogP contribution in [-0.2, 0) is 11.8 Å². The van der Waals surface area contributed by atoms with Crippen LogP contribution in [0.2, 0.25) is 0 Å². The van der Waals surface area contributed by atoms with Crippen LogP contribution in [0.3, 0.4) is 0 Å². The van der Waals surface area contributed by atoms with Crippen LogP contribution in [0.5, 0.6) is 0 Å². The van der Waals surface area contributed by atoms with Gasteiger partial charge in [0.2, 0.25) is 0 Å². The van der Waals surface area contributed by atoms with Crippen LogP contribution >= 0.6 is 0 Å². The molecule has 2 aromatic rings. The van der Waals surface area contributed by atoms with E-state index in [0.29, 0.717) is 0 Å². The molecule has 0 aliphatic rings. The van der Waals surface area contributed by atoms with Crippen molar-refractivity contribution in [2.45, 2.75) is 39.0 Å². The molecule has 0 bridgehead atoms. The molecule has 2 aromatic carbocycles. The van der Waals surface area contributed by atoms with Crippen LogP contribution in [-0.4, -0.2) is 16.9 Å². The molecule has 0 radical (unpaired) electrons. The van der Waals surface area contributed by atoms with E-state index in [1.807, 2.05) is 12.1 Å². The normalized spacial score (nSPS) is 11.3. The fourth-order valence-electron chi connectivity index (χ4n) is 2.47. The summed E-state index contributed by atoms with van der Waals surface area (Å²) in [6.45, 7) is 6.53. The van der Waals surface area contributed by atoms with E-state index in [4.69, 9.17) is 0 Å². The average molecular weight is 310 g/mol. The topological polar surface area (TPSA) is 54.4 Å². The first-order chi connectivity index (χ1) is 10.8. The molecule has 23 heavy (non-hydrogen) atoms. The third-order valence-corrected chi connectivity index (χ3v) is 4.44. The summed E-state index contributed by atoms with van der Waals surface area (Å²) in [5, 5.41) is 9.18. The van der Waals surface area contributed by atoms with Gasteiger partial charge in [0.25, 0.3) is 0 Å². The minimum atomic E-state index is -1.08. The number of Topliss-reactive ketones (excluding diaryl/α,β-unsaturated/α-hetero) is 1. The van der Waals surface area contributed by atoms with Gasteiger partial charge in [-0.25, -0.2) is 4.79 Å². The monoisotopic (exact) mass is 310 g/mol. The number of ketones is 1. The lowest BCUT2D eigenvalue weighted by atomic mass is 9.82. The highest BCUT2D eigenvalue weighted by molar-refractivity contribution is 6.06. The van der Waals surface area contributed by atoms with Gasteiger partial charge in [0.1, 0.15) is 0 Å². The Kier molecular flexibility index (Phi) is 4.99. The summed E-state index contributed by atoms with van der Waals surface area (Å²) in [7, 11) is 0. The zero-order valence-corrected chi connectivity index (χ0v) is 13.8. The Morgan fingerprint density at radius 2 is 1.52 bits per heavy atom. The van der Waals surface area contributed by atoms with Gasteiger partial charge in [0.05, 0.1) is 5.56 Å². The maximum atomic E-state index is 12.4. The lowest BCUT2D eigenvalue weighted by molar-refractivity contribution is 0.0692. The van der Waals surface area contributed by atoms with Gasteiger partial charge in [-0.05, 0) is 29.0 Å². The second-order valence-corrected chi connectivity index (χ2v) is 6.39. The number of carbonyl (C=O) groups excluding carboxylic acids is 1. The molecule has 1 N–H and O–H groups in total. The van der Waals surface area contributed by atoms with Crippen molar-refractivity contribution in [1.29, 1.82) is 0 Å². The number of hydrogen-bond acceptors (Lipinski definition) is 2. The van der Waals surface area contributed by atoms with Gasteiger partial charge in [-0.15, -0.1) is 0 Å². The summed E-state index contributed by atoms with van der Waals surface area (Å²) in [5.41, 5.74) is 2.56. The first kappa shape index (κ1) is 16.9. The van der Waals surface area contributed by atoms with Crippen molar-refractivity contribution in [3.8, 4) is 0 Å². The molecule has 0 aromatic heterocycles. The van der Waals surface area contributed by atoms with E-state index in [1.54, 1.807) is 18.2 Å². The Balaban J connectivity index is 2.20. The predicted octanol–water partition coefficient (Wildman–Crippen LogP) is 4.50. The SMILES string of the molecule is CCC(C)(C)c1ccc(CC(=O)c2ccccc2C(=O)O)cc1. The van der Waals surface area contributed by atoms with E-state index in [9.17, 15) is 14.7 Å². The number of carbonyl (C=O) groups is 2. The predicted molar refractivity (Wildman–Crippen MR) is 91.2 cm³/mol. The van der Waals surface area contributed by atoms with Crippen LogP contribution in [0, 0.1) is 0 Å². The molecule has 0 aliphatic carbocycles. The Hall–Kier alpha value is -2.42. The van der Waals surface area contributed by atoms with E-state index in [1.165, 1.54) is 11.6 Å². The summed E-state index contributed by atoms with van der Waals surface area (Å²) >= 11 is 0. The van der Waals surface area contributed by atoms with E-state index < -0.39 is 5.97 Å². The summed E-state index contributed by atoms with van der Waals surface area (Å²) < 4.78 is 0. The number of rotatable bonds is 6. The van der Waals surface area contributed by atoms with E-state index in [-0.39, 0.29) is 28.7 Å². The Morgan fingerprint density at radius 3 is 2.04 bits per heavy atom. The van der Waals surface area contributed by atoms with Gasteiger partial charge < -0.3 is 5.11 Å². The van der Waals surface area contributed by atoms with Gasteiger partial charge >= 0.3 is 5.97 Å². The molecule has 0 saturated carbocycles. The largest absolute Gasteiger partial charge is 0.478 e. The van der Waals surface area contributed by atoms with Crippen LogP contribution in [0.1, 0.15) is 59.0 Å². The van der Waals surface area contributed by atoms with E-state index >= 15 is 0 Å². The molecular weight excluding hydrogens is 288 g/mol. The van der Waals surface area contributed by atoms with Crippen molar-refractivity contribution in [1.82, 2.24) is 0 Å². The molecule has 0 unspecified atom stereocenters. The molecule has 120 valence electrons. The van der Waals surface area contributed by atoms with Gasteiger partial charge in [0, 0.05) is 12.0 Å². The van der Waals surface area contributed by atoms with Crippen molar-refractivity contribution in [2.75, 3.05) is 0 Å². The van der Waals surface area contributed by atoms with E-state index in [0.717, 1.165) is 12.0 Å². The summed E-state index contributed by atoms with van der Waals surface area (Å²) in [4.78, 5) is 23.6. The van der Waals surface area contributed by atoms with Crippen molar-refractivity contribution in [3.05, 3.63) is 70.8 Å². The third-order valence-electron chi connectivity index (χ3n) is 4.44. The average Bonchev–Trinajstić information content (AvgIpc) is 2.55. The lowest BCUT2D eigenvalue weighted by Crippen LogP contribution is -2.15. The summed E-state index contributed by atoms with van der Waals surface area (Å²) in [6.07, 6.45) is 1.24. The van der Waals surface area contributed by atoms with Gasteiger partial charge in [0.15, 0.2) is 5.78 Å². The maximum absolute atomic E-state index is 12.4. The second-order valence-electron chi connectivity index (χ2n) is 6.39. The number of benzene rings is 2. The number of carboxylic acids is 1. The summed E-state index contributed by atoms with van der Waals surface area (Å²) in [5.74, 6) is -1.25. The Bertz CT molecular complexity index is 712. The third kappa shape index (κ3) is 3.86. The molecule has 0 fully saturated rings. The minimum Gasteiger partial charge on any atom is -0.478 e. The van der Waals surface area contributed by atoms with Gasteiger partial charge in [-0.1, -0.05) is 63.2 Å². The molecule has 3 nitrogen and oxygen atoms in total. The molecule has 0 spiro atoms. The van der Waals surface area contributed by atoms with E-state index in [2.05, 4.69) is 32.9 Å². The fourth-order valence-corrected chi connectivity index (χ4v) is 2.47. The Labute approximate surface area is 137 Å². The van der Waals surface area contributed by atoms with Crippen molar-refractivity contribution in [3.63, 3.8) is 0 Å². The highest BCUT2D eigenvalue weighted by Crippen LogP contribution is 2.27. The highest BCUT2D eigenvalue weighted by atomic mass is 16.4. The molecule has 2 rings (SSSR count). The number of hydrogen-bond donors (Lipinski definition) is 1. The fraction of sp³-hybridized carbons (Fsp3) is 0.300. The standard InChI is InChI=1S/C20H22O3/c1-4-20(2,3)15-11-9-14(10-12-15)13-18(21)16-7-5-6-8-17(16)19(22)23/h5-12H,4,13H2,1-3H3,(H,22,23). The quantitative estimate of drug-likeness (QED) is 0.799. The highest BCUT2D eigenvalue weighted by Gasteiger charge is 2.19. The smallest absolute Gasteiger partial charge is 0.336 e. The van der Waals surface area contributed by atoms with Gasteiger partial charge in [-0.2, -0.15) is 0 Å². The molecule has 0 atom stereocenters. The second kappa shape index (κ2) is 6.78. The maximum Gasteiger partial charge on any atom is 0.336 e. The molecule has 0 amide bonds. The van der Waals surface area contributed by atoms with Crippen molar-refractivity contribution in [2.24, 2.45) is 0 Å². The Morgan fingerprint density at radius 1 is 0.957 bits per heavy atom. The lowest BCUT2D eigenvalue weighted by Gasteiger charge is -2.23. The van der Waals surface area contributed by atoms with Crippen molar-refractivity contribution >= 4 is 11.8 Å². The molecule has 0 aliphatic heterocycles. The number of carboxylic acid groups (broad SMARTS) is 1. The first-order valence-corrected chi connectivity index (χ1v) is 7.80. The molecule has 3 heteroatoms. The van der Waals surface area contributed by atoms with Crippen molar-refractivity contribution < 1.29 is 14.7 Å². The summed E-state index contributed by atoms with van der Waals surface area (Å²) in [6, 6.07) is 14.4. The first-order valence-electron chi connectivity index (χ1n) is 7.80. The molecular formula is C20H22O3. The zero-order valence-electron chi connectivity index (χ0n) is 13.8. The van der Waals surface area contributed by atoms with Crippen LogP contribution in [0.4, 0.5) is 0 Å². The zero-order chi connectivity index (χ0) is 17.0. The molecule has 0 heterocycles. The van der Waals surface area contributed by atoms with Gasteiger partial charge in [-0.3, -0.25) is 4.79 Å². The van der Waals surface area contributed by atoms with Crippen LogP contribution in [0.25, 0.3) is 0 Å². The van der Waals surface area contributed by atoms with Crippen LogP contribution < -0.4 is 0 Å². The molecule has 0 saturated heterocycles. The minimum absolute atomic E-state index is 0.0567. The van der Waals surface area contributed by atoms with Crippen LogP contribution in [0.15, 0.2) is 48.5 Å².